The van der Waals surface area contributed by atoms with Gasteiger partial charge in [0.25, 0.3) is 5.91 Å². The number of carbonyl (C=O) groups excluding carboxylic acids is 2. The molecule has 0 bridgehead atoms. The summed E-state index contributed by atoms with van der Waals surface area (Å²) < 4.78 is 29.6. The number of carbonyl (C=O) groups is 2. The van der Waals surface area contributed by atoms with Crippen LogP contribution in [0.2, 0.25) is 0 Å². The smallest absolute Gasteiger partial charge is 0.352 e. The zero-order chi connectivity index (χ0) is 18.7. The summed E-state index contributed by atoms with van der Waals surface area (Å²) in [6.07, 6.45) is -2.65. The van der Waals surface area contributed by atoms with Gasteiger partial charge in [0.1, 0.15) is 11.9 Å². The van der Waals surface area contributed by atoms with Crippen LogP contribution >= 0.6 is 0 Å². The molecule has 1 N–H and O–H groups in total. The van der Waals surface area contributed by atoms with Crippen LogP contribution in [0.4, 0.5) is 10.1 Å². The van der Waals surface area contributed by atoms with Crippen molar-refractivity contribution in [1.82, 2.24) is 0 Å². The molecule has 2 aromatic carbocycles. The van der Waals surface area contributed by atoms with Crippen molar-refractivity contribution in [2.75, 3.05) is 5.32 Å². The molecule has 0 saturated heterocycles. The molecular formula is C19H18FNO5. The Labute approximate surface area is 149 Å². The average Bonchev–Trinajstić information content (AvgIpc) is 2.61. The lowest BCUT2D eigenvalue weighted by Crippen LogP contribution is -2.46. The molecule has 0 spiro atoms. The fourth-order valence-electron chi connectivity index (χ4n) is 2.48. The number of hydrogen-bond acceptors (Lipinski definition) is 5. The molecule has 3 atom stereocenters. The summed E-state index contributed by atoms with van der Waals surface area (Å²) in [7, 11) is 0. The molecule has 136 valence electrons. The third-order valence-corrected chi connectivity index (χ3v) is 3.83. The number of amides is 1. The molecule has 1 amide bonds. The highest BCUT2D eigenvalue weighted by atomic mass is 19.1. The van der Waals surface area contributed by atoms with E-state index in [1.165, 1.54) is 31.2 Å². The Morgan fingerprint density at radius 2 is 1.81 bits per heavy atom. The first-order chi connectivity index (χ1) is 12.4. The molecule has 3 unspecified atom stereocenters. The fraction of sp³-hybridized carbons (Fsp3) is 0.263. The van der Waals surface area contributed by atoms with Crippen molar-refractivity contribution < 1.29 is 28.2 Å². The fourth-order valence-corrected chi connectivity index (χ4v) is 2.48. The Balaban J connectivity index is 1.61. The maximum atomic E-state index is 13.2. The van der Waals surface area contributed by atoms with Crippen LogP contribution < -0.4 is 14.8 Å². The zero-order valence-electron chi connectivity index (χ0n) is 14.3. The average molecular weight is 359 g/mol. The second-order valence-corrected chi connectivity index (χ2v) is 5.89. The van der Waals surface area contributed by atoms with Crippen LogP contribution in [0.15, 0.2) is 48.5 Å². The second-order valence-electron chi connectivity index (χ2n) is 5.89. The van der Waals surface area contributed by atoms with Crippen molar-refractivity contribution in [3.63, 3.8) is 0 Å². The summed E-state index contributed by atoms with van der Waals surface area (Å²) in [6, 6.07) is 12.4. The van der Waals surface area contributed by atoms with Gasteiger partial charge >= 0.3 is 5.97 Å². The maximum Gasteiger partial charge on any atom is 0.352 e. The summed E-state index contributed by atoms with van der Waals surface area (Å²) in [4.78, 5) is 24.5. The van der Waals surface area contributed by atoms with E-state index in [9.17, 15) is 14.0 Å². The van der Waals surface area contributed by atoms with E-state index in [4.69, 9.17) is 14.2 Å². The van der Waals surface area contributed by atoms with Crippen LogP contribution in [-0.2, 0) is 14.3 Å². The van der Waals surface area contributed by atoms with E-state index in [0.29, 0.717) is 11.5 Å². The summed E-state index contributed by atoms with van der Waals surface area (Å²) in [5, 5.41) is 2.49. The van der Waals surface area contributed by atoms with E-state index in [-0.39, 0.29) is 5.69 Å². The Bertz CT molecular complexity index is 825. The number of anilines is 1. The molecule has 1 aliphatic rings. The molecule has 0 aromatic heterocycles. The van der Waals surface area contributed by atoms with Crippen LogP contribution in [0, 0.1) is 5.82 Å². The molecular weight excluding hydrogens is 341 g/mol. The molecule has 3 rings (SSSR count). The van der Waals surface area contributed by atoms with E-state index in [1.807, 2.05) is 0 Å². The van der Waals surface area contributed by atoms with Gasteiger partial charge in [0.05, 0.1) is 0 Å². The number of halogens is 1. The first-order valence-corrected chi connectivity index (χ1v) is 8.13. The SMILES string of the molecule is CC(OC(=O)C1Oc2ccccc2OC1C)C(=O)Nc1cccc(F)c1. The number of nitrogens with one attached hydrogen (secondary N) is 1. The van der Waals surface area contributed by atoms with Gasteiger partial charge in [-0.1, -0.05) is 18.2 Å². The lowest BCUT2D eigenvalue weighted by molar-refractivity contribution is -0.165. The molecule has 1 aliphatic heterocycles. The highest BCUT2D eigenvalue weighted by Gasteiger charge is 2.36. The van der Waals surface area contributed by atoms with Crippen LogP contribution in [0.25, 0.3) is 0 Å². The van der Waals surface area contributed by atoms with Crippen LogP contribution in [0.5, 0.6) is 11.5 Å². The maximum absolute atomic E-state index is 13.2. The highest BCUT2D eigenvalue weighted by molar-refractivity contribution is 5.95. The highest BCUT2D eigenvalue weighted by Crippen LogP contribution is 2.33. The minimum Gasteiger partial charge on any atom is -0.482 e. The van der Waals surface area contributed by atoms with Gasteiger partial charge in [-0.25, -0.2) is 9.18 Å². The van der Waals surface area contributed by atoms with E-state index in [0.717, 1.165) is 0 Å². The number of esters is 1. The number of benzene rings is 2. The molecule has 26 heavy (non-hydrogen) atoms. The van der Waals surface area contributed by atoms with Gasteiger partial charge in [0, 0.05) is 5.69 Å². The predicted molar refractivity (Wildman–Crippen MR) is 91.5 cm³/mol. The Kier molecular flexibility index (Phi) is 5.06. The van der Waals surface area contributed by atoms with Crippen molar-refractivity contribution in [1.29, 1.82) is 0 Å². The summed E-state index contributed by atoms with van der Waals surface area (Å²) in [5.74, 6) is -0.791. The third-order valence-electron chi connectivity index (χ3n) is 3.83. The zero-order valence-corrected chi connectivity index (χ0v) is 14.3. The Morgan fingerprint density at radius 3 is 2.50 bits per heavy atom. The largest absolute Gasteiger partial charge is 0.482 e. The molecule has 6 nitrogen and oxygen atoms in total. The molecule has 0 radical (unpaired) electrons. The summed E-state index contributed by atoms with van der Waals surface area (Å²) in [6.45, 7) is 3.11. The van der Waals surface area contributed by atoms with Crippen molar-refractivity contribution in [3.8, 4) is 11.5 Å². The van der Waals surface area contributed by atoms with Crippen LogP contribution in [-0.4, -0.2) is 30.2 Å². The van der Waals surface area contributed by atoms with Crippen LogP contribution in [0.3, 0.4) is 0 Å². The van der Waals surface area contributed by atoms with E-state index in [2.05, 4.69) is 5.32 Å². The number of ether oxygens (including phenoxy) is 3. The Hall–Kier alpha value is -3.09. The van der Waals surface area contributed by atoms with Crippen LogP contribution in [0.1, 0.15) is 13.8 Å². The lowest BCUT2D eigenvalue weighted by Gasteiger charge is -2.30. The molecule has 0 saturated carbocycles. The van der Waals surface area contributed by atoms with Crippen molar-refractivity contribution in [2.24, 2.45) is 0 Å². The minimum atomic E-state index is -1.08. The van der Waals surface area contributed by atoms with Gasteiger partial charge < -0.3 is 19.5 Å². The number of rotatable bonds is 4. The van der Waals surface area contributed by atoms with Gasteiger partial charge in [0.2, 0.25) is 6.10 Å². The standard InChI is InChI=1S/C19H18FNO5/c1-11-17(26-16-9-4-3-8-15(16)24-11)19(23)25-12(2)18(22)21-14-7-5-6-13(20)10-14/h3-12,17H,1-2H3,(H,21,22). The molecule has 2 aromatic rings. The number of fused-ring (bicyclic) bond motifs is 1. The first-order valence-electron chi connectivity index (χ1n) is 8.13. The first kappa shape index (κ1) is 17.7. The summed E-state index contributed by atoms with van der Waals surface area (Å²) >= 11 is 0. The number of hydrogen-bond donors (Lipinski definition) is 1. The predicted octanol–water partition coefficient (Wildman–Crippen LogP) is 2.92. The molecule has 1 heterocycles. The van der Waals surface area contributed by atoms with Crippen molar-refractivity contribution >= 4 is 17.6 Å². The number of para-hydroxylation sites is 2. The summed E-state index contributed by atoms with van der Waals surface area (Å²) in [5.41, 5.74) is 0.275. The monoisotopic (exact) mass is 359 g/mol. The van der Waals surface area contributed by atoms with E-state index < -0.39 is 36.0 Å². The van der Waals surface area contributed by atoms with Gasteiger partial charge in [-0.3, -0.25) is 4.79 Å². The van der Waals surface area contributed by atoms with Gasteiger partial charge in [-0.2, -0.15) is 0 Å². The second kappa shape index (κ2) is 7.43. The molecule has 7 heteroatoms. The van der Waals surface area contributed by atoms with E-state index >= 15 is 0 Å². The normalized spacial score (nSPS) is 19.3. The van der Waals surface area contributed by atoms with Crippen molar-refractivity contribution in [2.45, 2.75) is 32.2 Å². The van der Waals surface area contributed by atoms with E-state index in [1.54, 1.807) is 31.2 Å². The minimum absolute atomic E-state index is 0.275. The molecule has 0 fully saturated rings. The Morgan fingerprint density at radius 1 is 1.12 bits per heavy atom. The quantitative estimate of drug-likeness (QED) is 0.850. The van der Waals surface area contributed by atoms with Gasteiger partial charge in [0.15, 0.2) is 17.6 Å². The third kappa shape index (κ3) is 3.93. The topological polar surface area (TPSA) is 73.9 Å². The van der Waals surface area contributed by atoms with Gasteiger partial charge in [-0.15, -0.1) is 0 Å². The lowest BCUT2D eigenvalue weighted by atomic mass is 10.2. The molecule has 0 aliphatic carbocycles. The van der Waals surface area contributed by atoms with Crippen molar-refractivity contribution in [3.05, 3.63) is 54.3 Å². The van der Waals surface area contributed by atoms with Gasteiger partial charge in [-0.05, 0) is 44.2 Å².